The van der Waals surface area contributed by atoms with Crippen LogP contribution in [-0.2, 0) is 4.74 Å². The Kier molecular flexibility index (Phi) is 6.83. The molecule has 170 valence electrons. The van der Waals surface area contributed by atoms with Crippen molar-refractivity contribution in [2.24, 2.45) is 5.41 Å². The van der Waals surface area contributed by atoms with Crippen LogP contribution in [0, 0.1) is 5.41 Å². The number of hydrogen-bond acceptors (Lipinski definition) is 6. The van der Waals surface area contributed by atoms with Gasteiger partial charge in [-0.25, -0.2) is 9.78 Å². The molecule has 0 fully saturated rings. The molecule has 9 heteroatoms. The van der Waals surface area contributed by atoms with Crippen molar-refractivity contribution < 1.29 is 19.6 Å². The van der Waals surface area contributed by atoms with Gasteiger partial charge in [0.05, 0.1) is 17.9 Å². The number of aromatic nitrogens is 2. The van der Waals surface area contributed by atoms with E-state index in [0.717, 1.165) is 21.7 Å². The molecular formula is C23H30BN3O4S. The highest BCUT2D eigenvalue weighted by Gasteiger charge is 2.32. The van der Waals surface area contributed by atoms with E-state index in [1.807, 2.05) is 71.9 Å². The normalized spacial score (nSPS) is 13.0. The monoisotopic (exact) mass is 455 g/mol. The van der Waals surface area contributed by atoms with Gasteiger partial charge in [0.15, 0.2) is 0 Å². The summed E-state index contributed by atoms with van der Waals surface area (Å²) >= 11 is 1.34. The van der Waals surface area contributed by atoms with Crippen molar-refractivity contribution in [1.29, 1.82) is 0 Å². The van der Waals surface area contributed by atoms with Crippen LogP contribution in [0.3, 0.4) is 0 Å². The Hall–Kier alpha value is -2.62. The van der Waals surface area contributed by atoms with Crippen LogP contribution in [0.25, 0.3) is 21.7 Å². The fourth-order valence-electron chi connectivity index (χ4n) is 3.21. The highest BCUT2D eigenvalue weighted by Crippen LogP contribution is 2.33. The minimum absolute atomic E-state index is 0.288. The smallest absolute Gasteiger partial charge is 0.444 e. The molecular weight excluding hydrogens is 425 g/mol. The molecule has 4 N–H and O–H groups in total. The number of benzene rings is 1. The SMILES string of the molecule is CC(C)(C)OC(=O)N[C@H](c1ncc(-c2ccc(-c3ccc(B(O)O)s3)cc2)[nH]1)C(C)(C)C. The van der Waals surface area contributed by atoms with Gasteiger partial charge in [0, 0.05) is 9.65 Å². The Labute approximate surface area is 193 Å². The van der Waals surface area contributed by atoms with E-state index in [1.165, 1.54) is 11.3 Å². The van der Waals surface area contributed by atoms with Gasteiger partial charge in [-0.3, -0.25) is 0 Å². The number of aromatic amines is 1. The van der Waals surface area contributed by atoms with E-state index >= 15 is 0 Å². The molecule has 1 aromatic carbocycles. The maximum Gasteiger partial charge on any atom is 0.499 e. The molecule has 2 heterocycles. The first-order chi connectivity index (χ1) is 14.8. The Morgan fingerprint density at radius 2 is 1.69 bits per heavy atom. The van der Waals surface area contributed by atoms with Gasteiger partial charge in [0.1, 0.15) is 11.4 Å². The highest BCUT2D eigenvalue weighted by atomic mass is 32.1. The lowest BCUT2D eigenvalue weighted by Crippen LogP contribution is -2.40. The first-order valence-corrected chi connectivity index (χ1v) is 11.3. The second-order valence-corrected chi connectivity index (χ2v) is 10.9. The number of amides is 1. The molecule has 0 radical (unpaired) electrons. The van der Waals surface area contributed by atoms with E-state index < -0.39 is 18.8 Å². The largest absolute Gasteiger partial charge is 0.499 e. The third kappa shape index (κ3) is 6.00. The number of nitrogens with one attached hydrogen (secondary N) is 2. The number of nitrogens with zero attached hydrogens (tertiary/aromatic N) is 1. The molecule has 0 saturated heterocycles. The quantitative estimate of drug-likeness (QED) is 0.434. The van der Waals surface area contributed by atoms with Crippen LogP contribution < -0.4 is 10.1 Å². The minimum Gasteiger partial charge on any atom is -0.444 e. The molecule has 0 saturated carbocycles. The van der Waals surface area contributed by atoms with E-state index in [2.05, 4.69) is 15.3 Å². The number of hydrogen-bond donors (Lipinski definition) is 4. The molecule has 1 amide bonds. The molecule has 0 unspecified atom stereocenters. The van der Waals surface area contributed by atoms with Crippen molar-refractivity contribution in [2.75, 3.05) is 0 Å². The van der Waals surface area contributed by atoms with Gasteiger partial charge >= 0.3 is 13.2 Å². The molecule has 0 spiro atoms. The Balaban J connectivity index is 1.80. The lowest BCUT2D eigenvalue weighted by atomic mass is 9.86. The molecule has 0 aliphatic carbocycles. The average Bonchev–Trinajstić information content (AvgIpc) is 3.34. The molecule has 0 bridgehead atoms. The molecule has 0 aliphatic heterocycles. The minimum atomic E-state index is -1.46. The third-order valence-corrected chi connectivity index (χ3v) is 5.93. The summed E-state index contributed by atoms with van der Waals surface area (Å²) in [6.07, 6.45) is 1.27. The van der Waals surface area contributed by atoms with Crippen molar-refractivity contribution >= 4 is 29.3 Å². The molecule has 32 heavy (non-hydrogen) atoms. The number of carbonyl (C=O) groups excluding carboxylic acids is 1. The summed E-state index contributed by atoms with van der Waals surface area (Å²) in [5, 5.41) is 21.6. The van der Waals surface area contributed by atoms with Crippen LogP contribution in [0.5, 0.6) is 0 Å². The molecule has 1 atom stereocenters. The van der Waals surface area contributed by atoms with Gasteiger partial charge in [-0.1, -0.05) is 51.1 Å². The summed E-state index contributed by atoms with van der Waals surface area (Å²) in [5.41, 5.74) is 1.91. The Morgan fingerprint density at radius 1 is 1.06 bits per heavy atom. The summed E-state index contributed by atoms with van der Waals surface area (Å²) in [5.74, 6) is 0.655. The number of thiophene rings is 1. The van der Waals surface area contributed by atoms with Crippen molar-refractivity contribution in [3.63, 3.8) is 0 Å². The summed E-state index contributed by atoms with van der Waals surface area (Å²) in [6, 6.07) is 11.2. The number of alkyl carbamates (subject to hydrolysis) is 1. The van der Waals surface area contributed by atoms with Gasteiger partial charge in [-0.2, -0.15) is 0 Å². The fraction of sp³-hybridized carbons (Fsp3) is 0.391. The van der Waals surface area contributed by atoms with Crippen LogP contribution in [0.15, 0.2) is 42.6 Å². The van der Waals surface area contributed by atoms with Gasteiger partial charge in [0.2, 0.25) is 0 Å². The first kappa shape index (κ1) is 24.0. The maximum atomic E-state index is 12.4. The average molecular weight is 455 g/mol. The van der Waals surface area contributed by atoms with Crippen LogP contribution in [0.1, 0.15) is 53.4 Å². The highest BCUT2D eigenvalue weighted by molar-refractivity contribution is 7.24. The van der Waals surface area contributed by atoms with Crippen molar-refractivity contribution in [2.45, 2.75) is 53.2 Å². The summed E-state index contributed by atoms with van der Waals surface area (Å²) in [6.45, 7) is 11.6. The van der Waals surface area contributed by atoms with Crippen LogP contribution in [0.4, 0.5) is 4.79 Å². The van der Waals surface area contributed by atoms with Gasteiger partial charge in [-0.15, -0.1) is 11.3 Å². The molecule has 3 rings (SSSR count). The van der Waals surface area contributed by atoms with Crippen LogP contribution in [-0.4, -0.2) is 38.8 Å². The zero-order chi connectivity index (χ0) is 23.7. The molecule has 0 aliphatic rings. The van der Waals surface area contributed by atoms with E-state index in [0.29, 0.717) is 10.6 Å². The topological polar surface area (TPSA) is 107 Å². The van der Waals surface area contributed by atoms with Gasteiger partial charge in [-0.05, 0) is 43.4 Å². The zero-order valence-corrected chi connectivity index (χ0v) is 20.1. The lowest BCUT2D eigenvalue weighted by molar-refractivity contribution is 0.0458. The number of H-pyrrole nitrogens is 1. The fourth-order valence-corrected chi connectivity index (χ4v) is 4.10. The third-order valence-electron chi connectivity index (χ3n) is 4.76. The van der Waals surface area contributed by atoms with Crippen molar-refractivity contribution in [3.05, 3.63) is 48.4 Å². The van der Waals surface area contributed by atoms with Crippen LogP contribution >= 0.6 is 11.3 Å². The van der Waals surface area contributed by atoms with Crippen molar-refractivity contribution in [3.8, 4) is 21.7 Å². The number of rotatable bonds is 5. The second kappa shape index (κ2) is 9.09. The Bertz CT molecular complexity index is 1060. The summed E-state index contributed by atoms with van der Waals surface area (Å²) < 4.78 is 5.93. The van der Waals surface area contributed by atoms with E-state index in [9.17, 15) is 14.8 Å². The number of carbonyl (C=O) groups is 1. The Morgan fingerprint density at radius 3 is 2.22 bits per heavy atom. The first-order valence-electron chi connectivity index (χ1n) is 10.4. The summed E-state index contributed by atoms with van der Waals surface area (Å²) in [4.78, 5) is 21.2. The zero-order valence-electron chi connectivity index (χ0n) is 19.3. The van der Waals surface area contributed by atoms with E-state index in [-0.39, 0.29) is 11.5 Å². The molecule has 7 nitrogen and oxygen atoms in total. The number of ether oxygens (including phenoxy) is 1. The van der Waals surface area contributed by atoms with Gasteiger partial charge in [0.25, 0.3) is 0 Å². The predicted octanol–water partition coefficient (Wildman–Crippen LogP) is 4.10. The number of imidazole rings is 1. The van der Waals surface area contributed by atoms with Crippen molar-refractivity contribution in [1.82, 2.24) is 15.3 Å². The van der Waals surface area contributed by atoms with Gasteiger partial charge < -0.3 is 25.1 Å². The lowest BCUT2D eigenvalue weighted by Gasteiger charge is -2.31. The molecule has 2 aromatic heterocycles. The van der Waals surface area contributed by atoms with E-state index in [1.54, 1.807) is 12.3 Å². The second-order valence-electron chi connectivity index (χ2n) is 9.78. The summed E-state index contributed by atoms with van der Waals surface area (Å²) in [7, 11) is -1.46. The van der Waals surface area contributed by atoms with E-state index in [4.69, 9.17) is 4.74 Å². The molecule has 3 aromatic rings. The van der Waals surface area contributed by atoms with Crippen LogP contribution in [0.2, 0.25) is 0 Å². The predicted molar refractivity (Wildman–Crippen MR) is 129 cm³/mol. The maximum absolute atomic E-state index is 12.4. The standard InChI is InChI=1S/C23H30BN3O4S/c1-22(2,3)19(27-21(28)31-23(4,5)6)20-25-13-16(26-20)14-7-9-15(10-8-14)17-11-12-18(32-17)24(29)30/h7-13,19,29-30H,1-6H3,(H,25,26)(H,27,28)/t19-/m1/s1.